The first-order valence-corrected chi connectivity index (χ1v) is 6.30. The lowest BCUT2D eigenvalue weighted by atomic mass is 10.1. The zero-order valence-corrected chi connectivity index (χ0v) is 10.6. The number of nitrogens with one attached hydrogen (secondary N) is 2. The Morgan fingerprint density at radius 1 is 1.21 bits per heavy atom. The van der Waals surface area contributed by atoms with Crippen molar-refractivity contribution < 1.29 is 9.90 Å². The van der Waals surface area contributed by atoms with E-state index >= 15 is 0 Å². The number of carbonyl (C=O) groups excluding carboxylic acids is 1. The maximum absolute atomic E-state index is 11.6. The van der Waals surface area contributed by atoms with Crippen molar-refractivity contribution >= 4 is 11.6 Å². The normalized spacial score (nSPS) is 10.4. The summed E-state index contributed by atoms with van der Waals surface area (Å²) in [5.74, 6) is -0.0252. The second-order valence-corrected chi connectivity index (χ2v) is 4.28. The molecule has 0 atom stereocenters. The standard InChI is InChI=1S/C14H17N3O2/c18-10-2-1-3-14(19)16-12-6-4-11(5-7-12)13-8-9-15-17-13/h4-9,18H,1-3,10H2,(H,15,17)(H,16,19). The molecule has 5 heteroatoms. The Labute approximate surface area is 111 Å². The molecule has 3 N–H and O–H groups in total. The average Bonchev–Trinajstić information content (AvgIpc) is 2.94. The first-order valence-electron chi connectivity index (χ1n) is 6.30. The van der Waals surface area contributed by atoms with Crippen LogP contribution in [0.5, 0.6) is 0 Å². The molecule has 1 heterocycles. The monoisotopic (exact) mass is 259 g/mol. The largest absolute Gasteiger partial charge is 0.396 e. The van der Waals surface area contributed by atoms with Crippen LogP contribution in [0.4, 0.5) is 5.69 Å². The summed E-state index contributed by atoms with van der Waals surface area (Å²) in [5.41, 5.74) is 2.74. The van der Waals surface area contributed by atoms with Crippen LogP contribution in [0.2, 0.25) is 0 Å². The summed E-state index contributed by atoms with van der Waals surface area (Å²) in [4.78, 5) is 11.6. The highest BCUT2D eigenvalue weighted by Crippen LogP contribution is 2.19. The van der Waals surface area contributed by atoms with Crippen molar-refractivity contribution in [2.45, 2.75) is 19.3 Å². The maximum Gasteiger partial charge on any atom is 0.224 e. The lowest BCUT2D eigenvalue weighted by Crippen LogP contribution is -2.11. The lowest BCUT2D eigenvalue weighted by Gasteiger charge is -2.05. The van der Waals surface area contributed by atoms with Gasteiger partial charge in [0.25, 0.3) is 0 Å². The molecule has 0 saturated carbocycles. The molecule has 0 aliphatic rings. The summed E-state index contributed by atoms with van der Waals surface area (Å²) in [5, 5.41) is 18.3. The third kappa shape index (κ3) is 3.93. The summed E-state index contributed by atoms with van der Waals surface area (Å²) >= 11 is 0. The molecular weight excluding hydrogens is 242 g/mol. The fraction of sp³-hybridized carbons (Fsp3) is 0.286. The zero-order chi connectivity index (χ0) is 13.5. The number of H-pyrrole nitrogens is 1. The summed E-state index contributed by atoms with van der Waals surface area (Å²) in [6.07, 6.45) is 3.50. The van der Waals surface area contributed by atoms with E-state index in [0.29, 0.717) is 19.3 Å². The SMILES string of the molecule is O=C(CCCCO)Nc1ccc(-c2ccn[nH]2)cc1. The van der Waals surface area contributed by atoms with E-state index in [-0.39, 0.29) is 12.5 Å². The molecule has 0 bridgehead atoms. The van der Waals surface area contributed by atoms with E-state index in [1.807, 2.05) is 30.3 Å². The average molecular weight is 259 g/mol. The molecule has 100 valence electrons. The van der Waals surface area contributed by atoms with Gasteiger partial charge in [-0.05, 0) is 36.6 Å². The predicted molar refractivity (Wildman–Crippen MR) is 73.6 cm³/mol. The number of unbranched alkanes of at least 4 members (excludes halogenated alkanes) is 1. The van der Waals surface area contributed by atoms with Gasteiger partial charge in [-0.2, -0.15) is 5.10 Å². The fourth-order valence-electron chi connectivity index (χ4n) is 1.77. The smallest absolute Gasteiger partial charge is 0.224 e. The van der Waals surface area contributed by atoms with E-state index in [1.54, 1.807) is 6.20 Å². The molecule has 19 heavy (non-hydrogen) atoms. The molecule has 0 fully saturated rings. The molecule has 1 amide bonds. The number of nitrogens with zero attached hydrogens (tertiary/aromatic N) is 1. The summed E-state index contributed by atoms with van der Waals surface area (Å²) in [6.45, 7) is 0.131. The second-order valence-electron chi connectivity index (χ2n) is 4.28. The molecular formula is C14H17N3O2. The number of anilines is 1. The van der Waals surface area contributed by atoms with Crippen LogP contribution < -0.4 is 5.32 Å². The maximum atomic E-state index is 11.6. The Morgan fingerprint density at radius 3 is 2.63 bits per heavy atom. The molecule has 2 aromatic rings. The van der Waals surface area contributed by atoms with E-state index < -0.39 is 0 Å². The number of aliphatic hydroxyl groups is 1. The zero-order valence-electron chi connectivity index (χ0n) is 10.6. The van der Waals surface area contributed by atoms with Crippen LogP contribution in [0.3, 0.4) is 0 Å². The predicted octanol–water partition coefficient (Wildman–Crippen LogP) is 2.18. The quantitative estimate of drug-likeness (QED) is 0.696. The van der Waals surface area contributed by atoms with Crippen LogP contribution in [0.15, 0.2) is 36.5 Å². The molecule has 2 rings (SSSR count). The van der Waals surface area contributed by atoms with Crippen LogP contribution in [-0.2, 0) is 4.79 Å². The van der Waals surface area contributed by atoms with E-state index in [4.69, 9.17) is 5.11 Å². The summed E-state index contributed by atoms with van der Waals surface area (Å²) < 4.78 is 0. The van der Waals surface area contributed by atoms with E-state index in [9.17, 15) is 4.79 Å². The molecule has 0 aliphatic heterocycles. The van der Waals surface area contributed by atoms with Gasteiger partial charge in [-0.3, -0.25) is 9.89 Å². The molecule has 0 spiro atoms. The van der Waals surface area contributed by atoms with Gasteiger partial charge in [0.05, 0.1) is 5.69 Å². The molecule has 0 saturated heterocycles. The van der Waals surface area contributed by atoms with Gasteiger partial charge in [-0.25, -0.2) is 0 Å². The minimum Gasteiger partial charge on any atom is -0.396 e. The molecule has 0 unspecified atom stereocenters. The third-order valence-electron chi connectivity index (χ3n) is 2.79. The number of amides is 1. The summed E-state index contributed by atoms with van der Waals surface area (Å²) in [7, 11) is 0. The van der Waals surface area contributed by atoms with Gasteiger partial charge in [0, 0.05) is 24.9 Å². The Balaban J connectivity index is 1.90. The van der Waals surface area contributed by atoms with E-state index in [0.717, 1.165) is 16.9 Å². The number of aliphatic hydroxyl groups excluding tert-OH is 1. The van der Waals surface area contributed by atoms with Gasteiger partial charge in [-0.15, -0.1) is 0 Å². The fourth-order valence-corrected chi connectivity index (χ4v) is 1.77. The van der Waals surface area contributed by atoms with E-state index in [2.05, 4.69) is 15.5 Å². The van der Waals surface area contributed by atoms with Gasteiger partial charge in [0.1, 0.15) is 0 Å². The van der Waals surface area contributed by atoms with Crippen molar-refractivity contribution in [3.63, 3.8) is 0 Å². The number of aromatic nitrogens is 2. The van der Waals surface area contributed by atoms with Gasteiger partial charge < -0.3 is 10.4 Å². The van der Waals surface area contributed by atoms with Crippen molar-refractivity contribution in [2.75, 3.05) is 11.9 Å². The molecule has 1 aromatic carbocycles. The molecule has 1 aromatic heterocycles. The number of hydrogen-bond acceptors (Lipinski definition) is 3. The first-order chi connectivity index (χ1) is 9.29. The van der Waals surface area contributed by atoms with Crippen molar-refractivity contribution in [3.05, 3.63) is 36.5 Å². The number of benzene rings is 1. The Morgan fingerprint density at radius 2 is 2.00 bits per heavy atom. The molecule has 0 aliphatic carbocycles. The summed E-state index contributed by atoms with van der Waals surface area (Å²) in [6, 6.07) is 9.47. The lowest BCUT2D eigenvalue weighted by molar-refractivity contribution is -0.116. The van der Waals surface area contributed by atoms with Gasteiger partial charge in [0.2, 0.25) is 5.91 Å². The van der Waals surface area contributed by atoms with Gasteiger partial charge in [0.15, 0.2) is 0 Å². The van der Waals surface area contributed by atoms with Crippen LogP contribution in [0.1, 0.15) is 19.3 Å². The first kappa shape index (κ1) is 13.3. The van der Waals surface area contributed by atoms with E-state index in [1.165, 1.54) is 0 Å². The molecule has 0 radical (unpaired) electrons. The van der Waals surface area contributed by atoms with Gasteiger partial charge in [-0.1, -0.05) is 12.1 Å². The van der Waals surface area contributed by atoms with Crippen LogP contribution in [0, 0.1) is 0 Å². The van der Waals surface area contributed by atoms with Crippen molar-refractivity contribution in [3.8, 4) is 11.3 Å². The highest BCUT2D eigenvalue weighted by molar-refractivity contribution is 5.90. The Hall–Kier alpha value is -2.14. The van der Waals surface area contributed by atoms with Crippen LogP contribution >= 0.6 is 0 Å². The minimum atomic E-state index is -0.0252. The Bertz CT molecular complexity index is 506. The van der Waals surface area contributed by atoms with Crippen LogP contribution in [0.25, 0.3) is 11.3 Å². The Kier molecular flexibility index (Phi) is 4.69. The number of carbonyl (C=O) groups is 1. The van der Waals surface area contributed by atoms with Crippen molar-refractivity contribution in [1.29, 1.82) is 0 Å². The third-order valence-corrected chi connectivity index (χ3v) is 2.79. The van der Waals surface area contributed by atoms with Crippen molar-refractivity contribution in [1.82, 2.24) is 10.2 Å². The molecule has 5 nitrogen and oxygen atoms in total. The van der Waals surface area contributed by atoms with Crippen LogP contribution in [-0.4, -0.2) is 27.8 Å². The number of aromatic amines is 1. The number of rotatable bonds is 6. The van der Waals surface area contributed by atoms with Gasteiger partial charge >= 0.3 is 0 Å². The second kappa shape index (κ2) is 6.70. The number of hydrogen-bond donors (Lipinski definition) is 3. The highest BCUT2D eigenvalue weighted by atomic mass is 16.2. The van der Waals surface area contributed by atoms with Crippen molar-refractivity contribution in [2.24, 2.45) is 0 Å². The topological polar surface area (TPSA) is 78.0 Å². The minimum absolute atomic E-state index is 0.0252. The highest BCUT2D eigenvalue weighted by Gasteiger charge is 2.03.